The van der Waals surface area contributed by atoms with Crippen molar-refractivity contribution in [2.75, 3.05) is 24.6 Å². The van der Waals surface area contributed by atoms with E-state index in [9.17, 15) is 13.2 Å². The highest BCUT2D eigenvalue weighted by atomic mass is 32.2. The number of carbonyl (C=O) groups excluding carboxylic acids is 1. The van der Waals surface area contributed by atoms with E-state index in [-0.39, 0.29) is 43.1 Å². The Labute approximate surface area is 118 Å². The first kappa shape index (κ1) is 14.8. The van der Waals surface area contributed by atoms with Gasteiger partial charge in [0.05, 0.1) is 18.1 Å². The standard InChI is InChI=1S/C12H19N3O4S/c1-9(2)11-7-10(14-19-11)8-13-12(16)15-3-5-20(17,18)6-4-15/h7,9H,3-6,8H2,1-2H3,(H,13,16). The molecule has 1 N–H and O–H groups in total. The lowest BCUT2D eigenvalue weighted by Gasteiger charge is -2.26. The van der Waals surface area contributed by atoms with Gasteiger partial charge in [-0.25, -0.2) is 13.2 Å². The topological polar surface area (TPSA) is 92.5 Å². The highest BCUT2D eigenvalue weighted by Crippen LogP contribution is 2.14. The Kier molecular flexibility index (Phi) is 4.32. The summed E-state index contributed by atoms with van der Waals surface area (Å²) in [5, 5.41) is 6.59. The highest BCUT2D eigenvalue weighted by Gasteiger charge is 2.24. The van der Waals surface area contributed by atoms with Crippen molar-refractivity contribution in [1.82, 2.24) is 15.4 Å². The SMILES string of the molecule is CC(C)c1cc(CNC(=O)N2CCS(=O)(=O)CC2)no1. The Hall–Kier alpha value is -1.57. The third kappa shape index (κ3) is 3.72. The molecule has 0 bridgehead atoms. The number of sulfone groups is 1. The molecule has 0 saturated carbocycles. The molecule has 20 heavy (non-hydrogen) atoms. The third-order valence-electron chi connectivity index (χ3n) is 3.20. The second-order valence-electron chi connectivity index (χ2n) is 5.17. The van der Waals surface area contributed by atoms with Gasteiger partial charge in [-0.05, 0) is 0 Å². The summed E-state index contributed by atoms with van der Waals surface area (Å²) in [4.78, 5) is 13.4. The first-order valence-electron chi connectivity index (χ1n) is 6.56. The van der Waals surface area contributed by atoms with Crippen LogP contribution in [-0.2, 0) is 16.4 Å². The van der Waals surface area contributed by atoms with E-state index >= 15 is 0 Å². The molecule has 1 saturated heterocycles. The van der Waals surface area contributed by atoms with Crippen molar-refractivity contribution in [3.05, 3.63) is 17.5 Å². The molecule has 1 aromatic rings. The fourth-order valence-electron chi connectivity index (χ4n) is 1.88. The van der Waals surface area contributed by atoms with Crippen LogP contribution in [0.4, 0.5) is 4.79 Å². The Morgan fingerprint density at radius 2 is 2.10 bits per heavy atom. The van der Waals surface area contributed by atoms with Crippen LogP contribution in [0, 0.1) is 0 Å². The monoisotopic (exact) mass is 301 g/mol. The van der Waals surface area contributed by atoms with E-state index in [1.807, 2.05) is 19.9 Å². The molecule has 1 aliphatic rings. The van der Waals surface area contributed by atoms with Crippen molar-refractivity contribution in [3.8, 4) is 0 Å². The number of carbonyl (C=O) groups is 1. The van der Waals surface area contributed by atoms with E-state index in [1.54, 1.807) is 0 Å². The van der Waals surface area contributed by atoms with Crippen molar-refractivity contribution < 1.29 is 17.7 Å². The van der Waals surface area contributed by atoms with Gasteiger partial charge in [-0.15, -0.1) is 0 Å². The molecule has 2 heterocycles. The second-order valence-corrected chi connectivity index (χ2v) is 7.48. The number of aromatic nitrogens is 1. The van der Waals surface area contributed by atoms with Gasteiger partial charge < -0.3 is 14.7 Å². The minimum atomic E-state index is -2.97. The van der Waals surface area contributed by atoms with Crippen LogP contribution in [0.1, 0.15) is 31.2 Å². The minimum absolute atomic E-state index is 0.0296. The number of rotatable bonds is 3. The number of nitrogens with zero attached hydrogens (tertiary/aromatic N) is 2. The van der Waals surface area contributed by atoms with E-state index in [2.05, 4.69) is 10.5 Å². The number of urea groups is 1. The molecule has 0 aromatic carbocycles. The van der Waals surface area contributed by atoms with E-state index in [1.165, 1.54) is 4.90 Å². The summed E-state index contributed by atoms with van der Waals surface area (Å²) < 4.78 is 27.7. The van der Waals surface area contributed by atoms with Crippen molar-refractivity contribution >= 4 is 15.9 Å². The zero-order valence-electron chi connectivity index (χ0n) is 11.6. The van der Waals surface area contributed by atoms with Crippen molar-refractivity contribution in [3.63, 3.8) is 0 Å². The average Bonchev–Trinajstić information content (AvgIpc) is 2.85. The molecule has 112 valence electrons. The quantitative estimate of drug-likeness (QED) is 0.889. The molecule has 2 amide bonds. The summed E-state index contributed by atoms with van der Waals surface area (Å²) in [5.41, 5.74) is 0.659. The van der Waals surface area contributed by atoms with Crippen LogP contribution in [0.25, 0.3) is 0 Å². The van der Waals surface area contributed by atoms with E-state index in [0.717, 1.165) is 5.76 Å². The lowest BCUT2D eigenvalue weighted by atomic mass is 10.1. The first-order valence-corrected chi connectivity index (χ1v) is 8.38. The van der Waals surface area contributed by atoms with Gasteiger partial charge in [-0.1, -0.05) is 19.0 Å². The van der Waals surface area contributed by atoms with E-state index in [4.69, 9.17) is 4.52 Å². The Morgan fingerprint density at radius 3 is 2.65 bits per heavy atom. The summed E-state index contributed by atoms with van der Waals surface area (Å²) >= 11 is 0. The molecule has 7 nitrogen and oxygen atoms in total. The molecule has 1 aliphatic heterocycles. The fraction of sp³-hybridized carbons (Fsp3) is 0.667. The van der Waals surface area contributed by atoms with Crippen molar-refractivity contribution in [2.45, 2.75) is 26.3 Å². The molecular weight excluding hydrogens is 282 g/mol. The summed E-state index contributed by atoms with van der Waals surface area (Å²) in [6, 6.07) is 1.54. The van der Waals surface area contributed by atoms with Gasteiger partial charge in [0.1, 0.15) is 11.5 Å². The Morgan fingerprint density at radius 1 is 1.45 bits per heavy atom. The predicted octanol–water partition coefficient (Wildman–Crippen LogP) is 0.738. The molecule has 2 rings (SSSR count). The lowest BCUT2D eigenvalue weighted by molar-refractivity contribution is 0.201. The zero-order chi connectivity index (χ0) is 14.8. The van der Waals surface area contributed by atoms with Crippen LogP contribution < -0.4 is 5.32 Å². The van der Waals surface area contributed by atoms with Gasteiger partial charge in [-0.3, -0.25) is 0 Å². The maximum absolute atomic E-state index is 11.9. The van der Waals surface area contributed by atoms with Crippen LogP contribution in [0.3, 0.4) is 0 Å². The molecule has 1 fully saturated rings. The van der Waals surface area contributed by atoms with Gasteiger partial charge >= 0.3 is 6.03 Å². The summed E-state index contributed by atoms with van der Waals surface area (Å²) in [6.45, 7) is 4.75. The maximum Gasteiger partial charge on any atom is 0.317 e. The van der Waals surface area contributed by atoms with Gasteiger partial charge in [0.2, 0.25) is 0 Å². The van der Waals surface area contributed by atoms with Gasteiger partial charge in [0, 0.05) is 25.1 Å². The number of hydrogen-bond donors (Lipinski definition) is 1. The van der Waals surface area contributed by atoms with Gasteiger partial charge in [0.25, 0.3) is 0 Å². The van der Waals surface area contributed by atoms with Crippen molar-refractivity contribution in [2.24, 2.45) is 0 Å². The molecule has 0 unspecified atom stereocenters. The highest BCUT2D eigenvalue weighted by molar-refractivity contribution is 7.91. The van der Waals surface area contributed by atoms with E-state index in [0.29, 0.717) is 5.69 Å². The van der Waals surface area contributed by atoms with Crippen LogP contribution in [0.5, 0.6) is 0 Å². The van der Waals surface area contributed by atoms with Crippen LogP contribution >= 0.6 is 0 Å². The summed E-state index contributed by atoms with van der Waals surface area (Å²) in [5.74, 6) is 1.08. The molecular formula is C12H19N3O4S. The molecule has 8 heteroatoms. The lowest BCUT2D eigenvalue weighted by Crippen LogP contribution is -2.48. The summed E-state index contributed by atoms with van der Waals surface area (Å²) in [7, 11) is -2.97. The number of hydrogen-bond acceptors (Lipinski definition) is 5. The maximum atomic E-state index is 11.9. The minimum Gasteiger partial charge on any atom is -0.361 e. The fourth-order valence-corrected chi connectivity index (χ4v) is 3.08. The predicted molar refractivity (Wildman–Crippen MR) is 73.1 cm³/mol. The first-order chi connectivity index (χ1) is 9.37. The average molecular weight is 301 g/mol. The molecule has 0 spiro atoms. The normalized spacial score (nSPS) is 18.2. The Balaban J connectivity index is 1.83. The number of nitrogens with one attached hydrogen (secondary N) is 1. The van der Waals surface area contributed by atoms with Crippen molar-refractivity contribution in [1.29, 1.82) is 0 Å². The smallest absolute Gasteiger partial charge is 0.317 e. The molecule has 0 aliphatic carbocycles. The zero-order valence-corrected chi connectivity index (χ0v) is 12.4. The number of amides is 2. The molecule has 0 atom stereocenters. The molecule has 0 radical (unpaired) electrons. The van der Waals surface area contributed by atoms with Crippen LogP contribution in [0.2, 0.25) is 0 Å². The second kappa shape index (κ2) is 5.82. The van der Waals surface area contributed by atoms with Crippen LogP contribution in [0.15, 0.2) is 10.6 Å². The Bertz CT molecular complexity index is 565. The largest absolute Gasteiger partial charge is 0.361 e. The summed E-state index contributed by atoms with van der Waals surface area (Å²) in [6.07, 6.45) is 0. The molecule has 1 aromatic heterocycles. The van der Waals surface area contributed by atoms with Gasteiger partial charge in [-0.2, -0.15) is 0 Å². The van der Waals surface area contributed by atoms with Crippen LogP contribution in [-0.4, -0.2) is 49.1 Å². The third-order valence-corrected chi connectivity index (χ3v) is 4.81. The van der Waals surface area contributed by atoms with Gasteiger partial charge in [0.15, 0.2) is 9.84 Å². The van der Waals surface area contributed by atoms with E-state index < -0.39 is 9.84 Å².